The van der Waals surface area contributed by atoms with Gasteiger partial charge in [-0.05, 0) is 31.4 Å². The summed E-state index contributed by atoms with van der Waals surface area (Å²) in [4.78, 5) is 8.16. The molecule has 2 atom stereocenters. The second-order valence-corrected chi connectivity index (χ2v) is 4.85. The molecular formula is C12H17N3O. The fourth-order valence-corrected chi connectivity index (χ4v) is 2.82. The Labute approximate surface area is 95.4 Å². The second-order valence-electron chi connectivity index (χ2n) is 4.85. The molecule has 1 spiro atoms. The van der Waals surface area contributed by atoms with E-state index in [9.17, 15) is 0 Å². The molecule has 0 aromatic carbocycles. The monoisotopic (exact) mass is 219 g/mol. The van der Waals surface area contributed by atoms with E-state index in [2.05, 4.69) is 15.3 Å². The Morgan fingerprint density at radius 1 is 1.38 bits per heavy atom. The Balaban J connectivity index is 1.73. The van der Waals surface area contributed by atoms with Crippen molar-refractivity contribution in [3.05, 3.63) is 24.3 Å². The maximum absolute atomic E-state index is 6.03. The number of hydrogen-bond donors (Lipinski definition) is 1. The van der Waals surface area contributed by atoms with E-state index in [4.69, 9.17) is 4.74 Å². The molecule has 0 radical (unpaired) electrons. The van der Waals surface area contributed by atoms with Gasteiger partial charge >= 0.3 is 0 Å². The summed E-state index contributed by atoms with van der Waals surface area (Å²) in [6.45, 7) is 2.94. The first-order valence-electron chi connectivity index (χ1n) is 5.98. The Hall–Kier alpha value is -1.00. The van der Waals surface area contributed by atoms with E-state index in [0.29, 0.717) is 5.92 Å². The summed E-state index contributed by atoms with van der Waals surface area (Å²) in [6, 6.07) is 0. The molecule has 2 saturated heterocycles. The van der Waals surface area contributed by atoms with Gasteiger partial charge in [-0.25, -0.2) is 9.97 Å². The van der Waals surface area contributed by atoms with Crippen LogP contribution in [0.5, 0.6) is 0 Å². The van der Waals surface area contributed by atoms with Crippen molar-refractivity contribution >= 4 is 0 Å². The average Bonchev–Trinajstić information content (AvgIpc) is 2.75. The SMILES string of the molecule is c1ncc([C@H]2CO[C@]3(CCCNC3)C2)cn1. The number of ether oxygens (including phenoxy) is 1. The number of hydrogen-bond acceptors (Lipinski definition) is 4. The van der Waals surface area contributed by atoms with Gasteiger partial charge in [0.1, 0.15) is 6.33 Å². The van der Waals surface area contributed by atoms with E-state index in [1.165, 1.54) is 18.4 Å². The maximum atomic E-state index is 6.03. The Morgan fingerprint density at radius 2 is 2.25 bits per heavy atom. The predicted octanol–water partition coefficient (Wildman–Crippen LogP) is 1.10. The van der Waals surface area contributed by atoms with E-state index in [1.54, 1.807) is 6.33 Å². The smallest absolute Gasteiger partial charge is 0.115 e. The lowest BCUT2D eigenvalue weighted by molar-refractivity contribution is -0.0139. The van der Waals surface area contributed by atoms with Crippen LogP contribution in [-0.2, 0) is 4.74 Å². The van der Waals surface area contributed by atoms with E-state index >= 15 is 0 Å². The molecule has 0 aliphatic carbocycles. The molecule has 2 aliphatic heterocycles. The highest BCUT2D eigenvalue weighted by atomic mass is 16.5. The predicted molar refractivity (Wildman–Crippen MR) is 60.2 cm³/mol. The third-order valence-corrected chi connectivity index (χ3v) is 3.69. The van der Waals surface area contributed by atoms with Crippen molar-refractivity contribution in [1.82, 2.24) is 15.3 Å². The van der Waals surface area contributed by atoms with Crippen LogP contribution in [0.2, 0.25) is 0 Å². The summed E-state index contributed by atoms with van der Waals surface area (Å²) >= 11 is 0. The van der Waals surface area contributed by atoms with Crippen molar-refractivity contribution in [2.75, 3.05) is 19.7 Å². The topological polar surface area (TPSA) is 47.0 Å². The van der Waals surface area contributed by atoms with Crippen LogP contribution in [0.4, 0.5) is 0 Å². The lowest BCUT2D eigenvalue weighted by Gasteiger charge is -2.33. The van der Waals surface area contributed by atoms with Gasteiger partial charge in [-0.1, -0.05) is 0 Å². The van der Waals surface area contributed by atoms with E-state index in [0.717, 1.165) is 26.1 Å². The summed E-state index contributed by atoms with van der Waals surface area (Å²) in [5.74, 6) is 0.473. The van der Waals surface area contributed by atoms with Crippen molar-refractivity contribution in [2.45, 2.75) is 30.8 Å². The first-order chi connectivity index (χ1) is 7.88. The molecule has 1 aromatic heterocycles. The van der Waals surface area contributed by atoms with Crippen molar-refractivity contribution < 1.29 is 4.74 Å². The third-order valence-electron chi connectivity index (χ3n) is 3.69. The lowest BCUT2D eigenvalue weighted by Crippen LogP contribution is -2.45. The molecule has 2 aliphatic rings. The first-order valence-corrected chi connectivity index (χ1v) is 5.98. The van der Waals surface area contributed by atoms with Gasteiger partial charge in [0.25, 0.3) is 0 Å². The van der Waals surface area contributed by atoms with E-state index in [1.807, 2.05) is 12.4 Å². The Bertz CT molecular complexity index is 349. The molecule has 4 heteroatoms. The molecular weight excluding hydrogens is 202 g/mol. The van der Waals surface area contributed by atoms with Gasteiger partial charge in [-0.15, -0.1) is 0 Å². The van der Waals surface area contributed by atoms with Crippen LogP contribution < -0.4 is 5.32 Å². The second kappa shape index (κ2) is 4.11. The molecule has 0 bridgehead atoms. The van der Waals surface area contributed by atoms with Crippen LogP contribution >= 0.6 is 0 Å². The van der Waals surface area contributed by atoms with Crippen LogP contribution in [0, 0.1) is 0 Å². The van der Waals surface area contributed by atoms with Crippen LogP contribution in [0.25, 0.3) is 0 Å². The van der Waals surface area contributed by atoms with Gasteiger partial charge in [0.15, 0.2) is 0 Å². The molecule has 4 nitrogen and oxygen atoms in total. The van der Waals surface area contributed by atoms with E-state index < -0.39 is 0 Å². The summed E-state index contributed by atoms with van der Waals surface area (Å²) in [5.41, 5.74) is 1.30. The first kappa shape index (κ1) is 10.2. The van der Waals surface area contributed by atoms with Crippen molar-refractivity contribution in [1.29, 1.82) is 0 Å². The highest BCUT2D eigenvalue weighted by Gasteiger charge is 2.41. The largest absolute Gasteiger partial charge is 0.373 e. The molecule has 3 heterocycles. The molecule has 2 fully saturated rings. The standard InChI is InChI=1S/C12H17N3O/c1-2-12(8-13-3-1)4-10(7-16-12)11-5-14-9-15-6-11/h5-6,9-10,13H,1-4,7-8H2/t10-,12-/m1/s1. The number of aromatic nitrogens is 2. The fraction of sp³-hybridized carbons (Fsp3) is 0.667. The van der Waals surface area contributed by atoms with E-state index in [-0.39, 0.29) is 5.60 Å². The normalized spacial score (nSPS) is 34.4. The highest BCUT2D eigenvalue weighted by molar-refractivity contribution is 5.14. The molecule has 3 rings (SSSR count). The van der Waals surface area contributed by atoms with Gasteiger partial charge in [-0.2, -0.15) is 0 Å². The van der Waals surface area contributed by atoms with Gasteiger partial charge < -0.3 is 10.1 Å². The Morgan fingerprint density at radius 3 is 3.00 bits per heavy atom. The summed E-state index contributed by atoms with van der Waals surface area (Å²) in [7, 11) is 0. The van der Waals surface area contributed by atoms with Crippen molar-refractivity contribution in [3.8, 4) is 0 Å². The molecule has 0 unspecified atom stereocenters. The zero-order valence-electron chi connectivity index (χ0n) is 9.35. The van der Waals surface area contributed by atoms with Crippen LogP contribution in [0.1, 0.15) is 30.7 Å². The molecule has 16 heavy (non-hydrogen) atoms. The van der Waals surface area contributed by atoms with Crippen LogP contribution in [0.15, 0.2) is 18.7 Å². The number of piperidine rings is 1. The average molecular weight is 219 g/mol. The molecule has 86 valence electrons. The van der Waals surface area contributed by atoms with Gasteiger partial charge in [0.05, 0.1) is 12.2 Å². The zero-order valence-corrected chi connectivity index (χ0v) is 9.35. The van der Waals surface area contributed by atoms with Crippen molar-refractivity contribution in [3.63, 3.8) is 0 Å². The minimum absolute atomic E-state index is 0.0821. The summed E-state index contributed by atoms with van der Waals surface area (Å²) in [6.07, 6.45) is 8.92. The quantitative estimate of drug-likeness (QED) is 0.768. The number of rotatable bonds is 1. The highest BCUT2D eigenvalue weighted by Crippen LogP contribution is 2.39. The Kier molecular flexibility index (Phi) is 2.61. The molecule has 0 saturated carbocycles. The van der Waals surface area contributed by atoms with Gasteiger partial charge in [0.2, 0.25) is 0 Å². The fourth-order valence-electron chi connectivity index (χ4n) is 2.82. The van der Waals surface area contributed by atoms with Gasteiger partial charge in [-0.3, -0.25) is 0 Å². The van der Waals surface area contributed by atoms with Crippen LogP contribution in [-0.4, -0.2) is 35.3 Å². The third kappa shape index (κ3) is 1.83. The maximum Gasteiger partial charge on any atom is 0.115 e. The van der Waals surface area contributed by atoms with Crippen molar-refractivity contribution in [2.24, 2.45) is 0 Å². The molecule has 1 N–H and O–H groups in total. The number of nitrogens with one attached hydrogen (secondary N) is 1. The minimum atomic E-state index is 0.0821. The molecule has 0 amide bonds. The summed E-state index contributed by atoms with van der Waals surface area (Å²) < 4.78 is 6.03. The summed E-state index contributed by atoms with van der Waals surface area (Å²) in [5, 5.41) is 3.43. The molecule has 1 aromatic rings. The van der Waals surface area contributed by atoms with Crippen LogP contribution in [0.3, 0.4) is 0 Å². The zero-order chi connectivity index (χ0) is 10.8. The number of nitrogens with zero attached hydrogens (tertiary/aromatic N) is 2. The van der Waals surface area contributed by atoms with Gasteiger partial charge in [0, 0.05) is 24.9 Å². The lowest BCUT2D eigenvalue weighted by atomic mass is 9.86. The minimum Gasteiger partial charge on any atom is -0.373 e.